The van der Waals surface area contributed by atoms with Gasteiger partial charge in [0.2, 0.25) is 5.91 Å². The summed E-state index contributed by atoms with van der Waals surface area (Å²) in [6.45, 7) is 2.06. The normalized spacial score (nSPS) is 13.6. The van der Waals surface area contributed by atoms with Crippen LogP contribution in [0.5, 0.6) is 11.5 Å². The topological polar surface area (TPSA) is 128 Å². The van der Waals surface area contributed by atoms with E-state index in [1.54, 1.807) is 31.2 Å². The number of sulfone groups is 1. The summed E-state index contributed by atoms with van der Waals surface area (Å²) in [5.41, 5.74) is 1.46. The zero-order chi connectivity index (χ0) is 28.9. The Morgan fingerprint density at radius 1 is 0.975 bits per heavy atom. The van der Waals surface area contributed by atoms with Crippen molar-refractivity contribution in [2.45, 2.75) is 19.6 Å². The second-order valence-corrected chi connectivity index (χ2v) is 11.4. The number of fused-ring (bicyclic) bond motifs is 1. The minimum absolute atomic E-state index is 0.0130. The Morgan fingerprint density at radius 2 is 1.73 bits per heavy atom. The lowest BCUT2D eigenvalue weighted by molar-refractivity contribution is -0.121. The van der Waals surface area contributed by atoms with Gasteiger partial charge in [-0.05, 0) is 42.3 Å². The molecule has 0 bridgehead atoms. The van der Waals surface area contributed by atoms with Gasteiger partial charge in [-0.2, -0.15) is 0 Å². The lowest BCUT2D eigenvalue weighted by Gasteiger charge is -2.27. The Morgan fingerprint density at radius 3 is 2.40 bits per heavy atom. The number of nitrogens with one attached hydrogen (secondary N) is 1. The largest absolute Gasteiger partial charge is 0.493 e. The van der Waals surface area contributed by atoms with Gasteiger partial charge in [0, 0.05) is 6.26 Å². The van der Waals surface area contributed by atoms with Crippen LogP contribution in [0.25, 0.3) is 0 Å². The highest BCUT2D eigenvalue weighted by Crippen LogP contribution is 2.38. The van der Waals surface area contributed by atoms with Gasteiger partial charge in [0.05, 0.1) is 48.9 Å². The molecule has 0 unspecified atom stereocenters. The van der Waals surface area contributed by atoms with E-state index in [0.717, 1.165) is 16.7 Å². The number of carbonyl (C=O) groups excluding carboxylic acids is 3. The summed E-state index contributed by atoms with van der Waals surface area (Å²) in [5, 5.41) is 2.65. The standard InChI is InChI=1S/C29H30N2O8S/c1-4-39-25-15-20(13-14-24(25)37-2)23(18-40(3,35)36)31-28(33)21-11-8-12-22(27(21)29(31)34)30-26(32)17-38-16-19-9-6-5-7-10-19/h5-15,23H,4,16-18H2,1-3H3,(H,30,32)/t23-/m0/s1. The highest BCUT2D eigenvalue weighted by atomic mass is 32.2. The van der Waals surface area contributed by atoms with Crippen LogP contribution >= 0.6 is 0 Å². The molecule has 1 aliphatic heterocycles. The van der Waals surface area contributed by atoms with Crippen molar-refractivity contribution in [2.75, 3.05) is 37.6 Å². The summed E-state index contributed by atoms with van der Waals surface area (Å²) in [6, 6.07) is 17.5. The van der Waals surface area contributed by atoms with E-state index < -0.39 is 39.4 Å². The average Bonchev–Trinajstić information content (AvgIpc) is 3.18. The van der Waals surface area contributed by atoms with Crippen molar-refractivity contribution in [3.8, 4) is 11.5 Å². The van der Waals surface area contributed by atoms with Crippen molar-refractivity contribution < 1.29 is 37.0 Å². The third-order valence-corrected chi connectivity index (χ3v) is 7.13. The van der Waals surface area contributed by atoms with Crippen LogP contribution in [0.4, 0.5) is 5.69 Å². The second-order valence-electron chi connectivity index (χ2n) is 9.19. The predicted octanol–water partition coefficient (Wildman–Crippen LogP) is 3.63. The summed E-state index contributed by atoms with van der Waals surface area (Å²) in [4.78, 5) is 40.8. The van der Waals surface area contributed by atoms with Crippen LogP contribution in [-0.2, 0) is 26.0 Å². The molecule has 3 amide bonds. The molecule has 0 saturated carbocycles. The summed E-state index contributed by atoms with van der Waals surface area (Å²) in [6.07, 6.45) is 1.03. The molecule has 4 rings (SSSR count). The van der Waals surface area contributed by atoms with Gasteiger partial charge in [-0.3, -0.25) is 19.3 Å². The first-order chi connectivity index (χ1) is 19.1. The Hall–Kier alpha value is -4.22. The number of imide groups is 1. The van der Waals surface area contributed by atoms with Crippen LogP contribution in [0.3, 0.4) is 0 Å². The lowest BCUT2D eigenvalue weighted by Crippen LogP contribution is -2.37. The molecule has 210 valence electrons. The average molecular weight is 567 g/mol. The van der Waals surface area contributed by atoms with Crippen molar-refractivity contribution in [1.82, 2.24) is 4.90 Å². The number of anilines is 1. The van der Waals surface area contributed by atoms with Crippen LogP contribution in [0.1, 0.15) is 44.8 Å². The number of ether oxygens (including phenoxy) is 3. The molecule has 40 heavy (non-hydrogen) atoms. The predicted molar refractivity (Wildman–Crippen MR) is 148 cm³/mol. The number of amides is 3. The van der Waals surface area contributed by atoms with E-state index >= 15 is 0 Å². The van der Waals surface area contributed by atoms with E-state index in [-0.39, 0.29) is 30.0 Å². The van der Waals surface area contributed by atoms with Crippen molar-refractivity contribution >= 4 is 33.2 Å². The highest BCUT2D eigenvalue weighted by Gasteiger charge is 2.43. The molecule has 1 heterocycles. The maximum absolute atomic E-state index is 13.7. The van der Waals surface area contributed by atoms with Crippen LogP contribution in [0, 0.1) is 0 Å². The number of benzene rings is 3. The molecule has 10 nitrogen and oxygen atoms in total. The summed E-state index contributed by atoms with van der Waals surface area (Å²) < 4.78 is 41.3. The van der Waals surface area contributed by atoms with E-state index in [4.69, 9.17) is 14.2 Å². The molecule has 11 heteroatoms. The van der Waals surface area contributed by atoms with Gasteiger partial charge >= 0.3 is 0 Å². The first-order valence-corrected chi connectivity index (χ1v) is 14.6. The van der Waals surface area contributed by atoms with Gasteiger partial charge in [0.25, 0.3) is 11.8 Å². The first kappa shape index (κ1) is 28.8. The number of nitrogens with zero attached hydrogens (tertiary/aromatic N) is 1. The molecular formula is C29H30N2O8S. The Labute approximate surface area is 232 Å². The number of rotatable bonds is 12. The SMILES string of the molecule is CCOc1cc([C@H](CS(C)(=O)=O)N2C(=O)c3cccc(NC(=O)COCc4ccccc4)c3C2=O)ccc1OC. The van der Waals surface area contributed by atoms with Gasteiger partial charge in [-0.25, -0.2) is 8.42 Å². The van der Waals surface area contributed by atoms with Crippen molar-refractivity contribution in [2.24, 2.45) is 0 Å². The molecule has 0 spiro atoms. The van der Waals surface area contributed by atoms with Gasteiger partial charge in [0.15, 0.2) is 11.5 Å². The summed E-state index contributed by atoms with van der Waals surface area (Å²) >= 11 is 0. The Kier molecular flexibility index (Phi) is 8.86. The fourth-order valence-corrected chi connectivity index (χ4v) is 5.40. The summed E-state index contributed by atoms with van der Waals surface area (Å²) in [5.74, 6) is -1.63. The number of carbonyl (C=O) groups is 3. The molecule has 1 atom stereocenters. The van der Waals surface area contributed by atoms with Crippen LogP contribution in [0.2, 0.25) is 0 Å². The molecule has 0 aromatic heterocycles. The van der Waals surface area contributed by atoms with Crippen LogP contribution in [0.15, 0.2) is 66.7 Å². The summed E-state index contributed by atoms with van der Waals surface area (Å²) in [7, 11) is -2.18. The molecule has 0 saturated heterocycles. The van der Waals surface area contributed by atoms with Gasteiger partial charge in [-0.1, -0.05) is 42.5 Å². The molecule has 1 N–H and O–H groups in total. The fourth-order valence-electron chi connectivity index (χ4n) is 4.49. The molecule has 1 aliphatic rings. The van der Waals surface area contributed by atoms with E-state index in [1.165, 1.54) is 19.2 Å². The van der Waals surface area contributed by atoms with Crippen molar-refractivity contribution in [3.63, 3.8) is 0 Å². The van der Waals surface area contributed by atoms with Crippen LogP contribution < -0.4 is 14.8 Å². The second kappa shape index (κ2) is 12.3. The third-order valence-electron chi connectivity index (χ3n) is 6.21. The highest BCUT2D eigenvalue weighted by molar-refractivity contribution is 7.90. The van der Waals surface area contributed by atoms with Crippen molar-refractivity contribution in [3.05, 3.63) is 89.0 Å². The van der Waals surface area contributed by atoms with Gasteiger partial charge < -0.3 is 19.5 Å². The molecular weight excluding hydrogens is 536 g/mol. The number of methoxy groups -OCH3 is 1. The van der Waals surface area contributed by atoms with Gasteiger partial charge in [-0.15, -0.1) is 0 Å². The van der Waals surface area contributed by atoms with Crippen LogP contribution in [-0.4, -0.2) is 63.4 Å². The zero-order valence-electron chi connectivity index (χ0n) is 22.4. The van der Waals surface area contributed by atoms with E-state index in [9.17, 15) is 22.8 Å². The lowest BCUT2D eigenvalue weighted by atomic mass is 10.1. The smallest absolute Gasteiger partial charge is 0.264 e. The minimum Gasteiger partial charge on any atom is -0.493 e. The monoisotopic (exact) mass is 566 g/mol. The molecule has 0 fully saturated rings. The maximum atomic E-state index is 13.7. The fraction of sp³-hybridized carbons (Fsp3) is 0.276. The van der Waals surface area contributed by atoms with E-state index in [0.29, 0.717) is 23.7 Å². The van der Waals surface area contributed by atoms with Gasteiger partial charge in [0.1, 0.15) is 16.4 Å². The number of hydrogen-bond donors (Lipinski definition) is 1. The quantitative estimate of drug-likeness (QED) is 0.329. The Bertz CT molecular complexity index is 1520. The molecule has 0 aliphatic carbocycles. The first-order valence-electron chi connectivity index (χ1n) is 12.5. The Balaban J connectivity index is 1.61. The molecule has 0 radical (unpaired) electrons. The number of hydrogen-bond acceptors (Lipinski definition) is 8. The minimum atomic E-state index is -3.65. The maximum Gasteiger partial charge on any atom is 0.264 e. The zero-order valence-corrected chi connectivity index (χ0v) is 23.2. The molecule has 3 aromatic carbocycles. The molecule has 3 aromatic rings. The van der Waals surface area contributed by atoms with Crippen molar-refractivity contribution in [1.29, 1.82) is 0 Å². The third kappa shape index (κ3) is 6.49. The van der Waals surface area contributed by atoms with E-state index in [1.807, 2.05) is 30.3 Å². The van der Waals surface area contributed by atoms with E-state index in [2.05, 4.69) is 5.32 Å².